The van der Waals surface area contributed by atoms with Crippen molar-refractivity contribution in [1.82, 2.24) is 9.55 Å². The van der Waals surface area contributed by atoms with Crippen LogP contribution in [0.15, 0.2) is 18.2 Å². The minimum atomic E-state index is -4.35. The normalized spacial score (nSPS) is 12.3. The standard InChI is InChI=1S/C10H8ClF3N2/c1-2-16-8-4-3-6(10(12,13)14)5-7(8)15-9(16)11/h3-5H,2H2,1H3. The van der Waals surface area contributed by atoms with Crippen molar-refractivity contribution in [3.63, 3.8) is 0 Å². The van der Waals surface area contributed by atoms with E-state index in [1.54, 1.807) is 4.57 Å². The molecule has 2 nitrogen and oxygen atoms in total. The highest BCUT2D eigenvalue weighted by Gasteiger charge is 2.30. The van der Waals surface area contributed by atoms with E-state index in [9.17, 15) is 13.2 Å². The summed E-state index contributed by atoms with van der Waals surface area (Å²) in [7, 11) is 0. The van der Waals surface area contributed by atoms with Crippen LogP contribution in [0.3, 0.4) is 0 Å². The van der Waals surface area contributed by atoms with E-state index in [0.29, 0.717) is 12.1 Å². The molecule has 0 unspecified atom stereocenters. The van der Waals surface area contributed by atoms with E-state index in [1.165, 1.54) is 6.07 Å². The second kappa shape index (κ2) is 3.66. The summed E-state index contributed by atoms with van der Waals surface area (Å²) >= 11 is 5.80. The molecule has 0 radical (unpaired) electrons. The Bertz CT molecular complexity index is 531. The van der Waals surface area contributed by atoms with Crippen molar-refractivity contribution >= 4 is 22.6 Å². The van der Waals surface area contributed by atoms with Gasteiger partial charge in [-0.25, -0.2) is 4.98 Å². The van der Waals surface area contributed by atoms with E-state index in [2.05, 4.69) is 4.98 Å². The van der Waals surface area contributed by atoms with E-state index in [0.717, 1.165) is 12.1 Å². The first-order chi connectivity index (χ1) is 7.43. The lowest BCUT2D eigenvalue weighted by atomic mass is 10.2. The fourth-order valence-electron chi connectivity index (χ4n) is 1.58. The Balaban J connectivity index is 2.65. The van der Waals surface area contributed by atoms with E-state index >= 15 is 0 Å². The number of fused-ring (bicyclic) bond motifs is 1. The van der Waals surface area contributed by atoms with Crippen molar-refractivity contribution in [2.75, 3.05) is 0 Å². The maximum absolute atomic E-state index is 12.4. The van der Waals surface area contributed by atoms with Gasteiger partial charge in [0.05, 0.1) is 16.6 Å². The first-order valence-corrected chi connectivity index (χ1v) is 5.04. The molecule has 0 aliphatic heterocycles. The van der Waals surface area contributed by atoms with Crippen LogP contribution in [-0.2, 0) is 12.7 Å². The Morgan fingerprint density at radius 2 is 2.06 bits per heavy atom. The predicted octanol–water partition coefficient (Wildman–Crippen LogP) is 3.73. The van der Waals surface area contributed by atoms with Crippen molar-refractivity contribution < 1.29 is 13.2 Å². The summed E-state index contributed by atoms with van der Waals surface area (Å²) in [5.41, 5.74) is 0.166. The van der Waals surface area contributed by atoms with Crippen LogP contribution in [0.2, 0.25) is 5.28 Å². The van der Waals surface area contributed by atoms with Gasteiger partial charge >= 0.3 is 6.18 Å². The van der Waals surface area contributed by atoms with Crippen molar-refractivity contribution in [3.8, 4) is 0 Å². The lowest BCUT2D eigenvalue weighted by molar-refractivity contribution is -0.137. The fourth-order valence-corrected chi connectivity index (χ4v) is 1.88. The first-order valence-electron chi connectivity index (χ1n) is 4.66. The van der Waals surface area contributed by atoms with Gasteiger partial charge < -0.3 is 4.57 Å². The summed E-state index contributed by atoms with van der Waals surface area (Å²) < 4.78 is 39.0. The average molecular weight is 249 g/mol. The predicted molar refractivity (Wildman–Crippen MR) is 55.4 cm³/mol. The fraction of sp³-hybridized carbons (Fsp3) is 0.300. The smallest absolute Gasteiger partial charge is 0.315 e. The van der Waals surface area contributed by atoms with E-state index in [-0.39, 0.29) is 10.8 Å². The number of hydrogen-bond donors (Lipinski definition) is 0. The molecule has 0 saturated heterocycles. The molecule has 86 valence electrons. The third-order valence-corrected chi connectivity index (χ3v) is 2.63. The molecule has 1 aromatic heterocycles. The highest BCUT2D eigenvalue weighted by atomic mass is 35.5. The average Bonchev–Trinajstić information content (AvgIpc) is 2.50. The molecular weight excluding hydrogens is 241 g/mol. The quantitative estimate of drug-likeness (QED) is 0.752. The minimum absolute atomic E-state index is 0.205. The molecule has 0 saturated carbocycles. The number of nitrogens with zero attached hydrogens (tertiary/aromatic N) is 2. The summed E-state index contributed by atoms with van der Waals surface area (Å²) in [5, 5.41) is 0.205. The van der Waals surface area contributed by atoms with Crippen molar-refractivity contribution in [2.45, 2.75) is 19.6 Å². The van der Waals surface area contributed by atoms with E-state index in [1.807, 2.05) is 6.92 Å². The zero-order chi connectivity index (χ0) is 11.9. The second-order valence-electron chi connectivity index (χ2n) is 3.33. The van der Waals surface area contributed by atoms with Gasteiger partial charge in [-0.05, 0) is 36.7 Å². The Morgan fingerprint density at radius 3 is 2.62 bits per heavy atom. The van der Waals surface area contributed by atoms with Gasteiger partial charge in [0.25, 0.3) is 0 Å². The molecule has 2 aromatic rings. The van der Waals surface area contributed by atoms with E-state index < -0.39 is 11.7 Å². The number of imidazole rings is 1. The maximum Gasteiger partial charge on any atom is 0.416 e. The summed E-state index contributed by atoms with van der Waals surface area (Å²) in [6, 6.07) is 3.43. The van der Waals surface area contributed by atoms with Crippen LogP contribution in [0.5, 0.6) is 0 Å². The molecular formula is C10H8ClF3N2. The van der Waals surface area contributed by atoms with Gasteiger partial charge in [-0.1, -0.05) is 0 Å². The first kappa shape index (κ1) is 11.3. The zero-order valence-corrected chi connectivity index (χ0v) is 9.10. The van der Waals surface area contributed by atoms with Crippen LogP contribution in [0.25, 0.3) is 11.0 Å². The lowest BCUT2D eigenvalue weighted by Crippen LogP contribution is -2.04. The van der Waals surface area contributed by atoms with Gasteiger partial charge in [-0.3, -0.25) is 0 Å². The largest absolute Gasteiger partial charge is 0.416 e. The zero-order valence-electron chi connectivity index (χ0n) is 8.35. The third kappa shape index (κ3) is 1.75. The van der Waals surface area contributed by atoms with Crippen LogP contribution < -0.4 is 0 Å². The second-order valence-corrected chi connectivity index (χ2v) is 3.66. The van der Waals surface area contributed by atoms with Crippen LogP contribution in [0.4, 0.5) is 13.2 Å². The Kier molecular flexibility index (Phi) is 2.58. The maximum atomic E-state index is 12.4. The van der Waals surface area contributed by atoms with Gasteiger partial charge in [0, 0.05) is 6.54 Å². The number of hydrogen-bond acceptors (Lipinski definition) is 1. The molecule has 0 atom stereocenters. The van der Waals surface area contributed by atoms with Crippen LogP contribution in [0.1, 0.15) is 12.5 Å². The highest BCUT2D eigenvalue weighted by Crippen LogP contribution is 2.31. The van der Waals surface area contributed by atoms with Crippen LogP contribution in [0, 0.1) is 0 Å². The highest BCUT2D eigenvalue weighted by molar-refractivity contribution is 6.29. The van der Waals surface area contributed by atoms with Gasteiger partial charge in [-0.2, -0.15) is 13.2 Å². The van der Waals surface area contributed by atoms with Gasteiger partial charge in [-0.15, -0.1) is 0 Å². The molecule has 6 heteroatoms. The van der Waals surface area contributed by atoms with Gasteiger partial charge in [0.15, 0.2) is 0 Å². The summed E-state index contributed by atoms with van der Waals surface area (Å²) in [6.45, 7) is 2.42. The molecule has 0 aliphatic carbocycles. The summed E-state index contributed by atoms with van der Waals surface area (Å²) in [5.74, 6) is 0. The van der Waals surface area contributed by atoms with Gasteiger partial charge in [0.2, 0.25) is 5.28 Å². The van der Waals surface area contributed by atoms with Crippen molar-refractivity contribution in [1.29, 1.82) is 0 Å². The molecule has 0 fully saturated rings. The Morgan fingerprint density at radius 1 is 1.38 bits per heavy atom. The molecule has 16 heavy (non-hydrogen) atoms. The van der Waals surface area contributed by atoms with E-state index in [4.69, 9.17) is 11.6 Å². The Labute approximate surface area is 94.6 Å². The Hall–Kier alpha value is -1.23. The number of alkyl halides is 3. The molecule has 0 aliphatic rings. The molecule has 2 rings (SSSR count). The summed E-state index contributed by atoms with van der Waals surface area (Å²) in [6.07, 6.45) is -4.35. The molecule has 1 heterocycles. The SMILES string of the molecule is CCn1c(Cl)nc2cc(C(F)(F)F)ccc21. The van der Waals surface area contributed by atoms with Crippen LogP contribution >= 0.6 is 11.6 Å². The molecule has 0 spiro atoms. The van der Waals surface area contributed by atoms with Crippen molar-refractivity contribution in [3.05, 3.63) is 29.0 Å². The number of aromatic nitrogens is 2. The van der Waals surface area contributed by atoms with Gasteiger partial charge in [0.1, 0.15) is 0 Å². The third-order valence-electron chi connectivity index (χ3n) is 2.35. The number of benzene rings is 1. The lowest BCUT2D eigenvalue weighted by Gasteiger charge is -2.06. The van der Waals surface area contributed by atoms with Crippen molar-refractivity contribution in [2.24, 2.45) is 0 Å². The molecule has 0 bridgehead atoms. The topological polar surface area (TPSA) is 17.8 Å². The number of halogens is 4. The summed E-state index contributed by atoms with van der Waals surface area (Å²) in [4.78, 5) is 3.89. The van der Waals surface area contributed by atoms with Crippen LogP contribution in [-0.4, -0.2) is 9.55 Å². The number of aryl methyl sites for hydroxylation is 1. The number of rotatable bonds is 1. The molecule has 0 N–H and O–H groups in total. The molecule has 1 aromatic carbocycles. The minimum Gasteiger partial charge on any atom is -0.315 e. The monoisotopic (exact) mass is 248 g/mol. The molecule has 0 amide bonds.